The Hall–Kier alpha value is -3.29. The standard InChI is InChI=1S/C27H25F3N2O3/c28-27(29,30)35-20-6-4-16(5-7-20)15-32-9-8-21-22(24(32)33)2-1-3-23(21)31-25(34)26-13-17-10-18(14-26)12-19(26)11-17/h1-9,17-19H,10-15H2,(H,31,34)/t17-,18+,19+,26-. The Morgan fingerprint density at radius 2 is 1.71 bits per heavy atom. The molecular formula is C27H25F3N2O3. The van der Waals surface area contributed by atoms with Crippen LogP contribution < -0.4 is 15.6 Å². The number of carbonyl (C=O) groups excluding carboxylic acids is 1. The molecule has 3 aromatic rings. The van der Waals surface area contributed by atoms with Crippen molar-refractivity contribution in [2.45, 2.75) is 45.0 Å². The number of rotatable bonds is 5. The number of pyridine rings is 1. The number of anilines is 1. The van der Waals surface area contributed by atoms with Crippen LogP contribution in [0.15, 0.2) is 59.5 Å². The summed E-state index contributed by atoms with van der Waals surface area (Å²) in [5.74, 6) is 1.60. The van der Waals surface area contributed by atoms with Gasteiger partial charge in [-0.05, 0) is 85.8 Å². The normalized spacial score (nSPS) is 26.9. The third-order valence-electron chi connectivity index (χ3n) is 8.22. The van der Waals surface area contributed by atoms with Crippen molar-refractivity contribution >= 4 is 22.4 Å². The molecule has 4 saturated carbocycles. The fourth-order valence-corrected chi connectivity index (χ4v) is 6.96. The van der Waals surface area contributed by atoms with Gasteiger partial charge in [0.2, 0.25) is 5.91 Å². The number of hydrogen-bond acceptors (Lipinski definition) is 3. The topological polar surface area (TPSA) is 60.3 Å². The largest absolute Gasteiger partial charge is 0.573 e. The summed E-state index contributed by atoms with van der Waals surface area (Å²) >= 11 is 0. The van der Waals surface area contributed by atoms with E-state index in [9.17, 15) is 22.8 Å². The molecule has 0 radical (unpaired) electrons. The monoisotopic (exact) mass is 482 g/mol. The Kier molecular flexibility index (Phi) is 4.99. The first-order chi connectivity index (χ1) is 16.7. The van der Waals surface area contributed by atoms with Crippen LogP contribution >= 0.6 is 0 Å². The first kappa shape index (κ1) is 22.2. The Labute approximate surface area is 199 Å². The van der Waals surface area contributed by atoms with Gasteiger partial charge in [0, 0.05) is 22.7 Å². The molecule has 0 aliphatic heterocycles. The summed E-state index contributed by atoms with van der Waals surface area (Å²) in [5.41, 5.74) is 0.822. The van der Waals surface area contributed by atoms with Crippen LogP contribution in [0.4, 0.5) is 18.9 Å². The van der Waals surface area contributed by atoms with Crippen LogP contribution in [0.1, 0.15) is 37.7 Å². The van der Waals surface area contributed by atoms with Gasteiger partial charge in [-0.2, -0.15) is 0 Å². The van der Waals surface area contributed by atoms with Gasteiger partial charge in [0.15, 0.2) is 0 Å². The lowest BCUT2D eigenvalue weighted by Crippen LogP contribution is -2.37. The molecule has 4 atom stereocenters. The van der Waals surface area contributed by atoms with Crippen LogP contribution in [0.3, 0.4) is 0 Å². The lowest BCUT2D eigenvalue weighted by Gasteiger charge is -2.31. The second-order valence-electron chi connectivity index (χ2n) is 10.4. The first-order valence-electron chi connectivity index (χ1n) is 12.0. The smallest absolute Gasteiger partial charge is 0.406 e. The van der Waals surface area contributed by atoms with E-state index < -0.39 is 6.36 Å². The number of fused-ring (bicyclic) bond motifs is 1. The average Bonchev–Trinajstić information content (AvgIpc) is 3.21. The predicted octanol–water partition coefficient (Wildman–Crippen LogP) is 5.71. The average molecular weight is 483 g/mol. The van der Waals surface area contributed by atoms with Gasteiger partial charge < -0.3 is 14.6 Å². The molecule has 1 aromatic heterocycles. The van der Waals surface area contributed by atoms with Crippen LogP contribution in [0.5, 0.6) is 5.75 Å². The molecule has 4 aliphatic carbocycles. The molecule has 7 rings (SSSR count). The molecule has 4 bridgehead atoms. The van der Waals surface area contributed by atoms with Crippen LogP contribution in [0.25, 0.3) is 10.8 Å². The maximum Gasteiger partial charge on any atom is 0.573 e. The zero-order chi connectivity index (χ0) is 24.4. The highest BCUT2D eigenvalue weighted by Crippen LogP contribution is 2.65. The molecule has 0 saturated heterocycles. The Bertz CT molecular complexity index is 1350. The molecule has 1 heterocycles. The molecule has 8 heteroatoms. The molecular weight excluding hydrogens is 457 g/mol. The van der Waals surface area contributed by atoms with Gasteiger partial charge in [0.25, 0.3) is 5.56 Å². The maximum atomic E-state index is 13.5. The molecule has 182 valence electrons. The summed E-state index contributed by atoms with van der Waals surface area (Å²) < 4.78 is 42.5. The molecule has 35 heavy (non-hydrogen) atoms. The minimum absolute atomic E-state index is 0.0880. The second-order valence-corrected chi connectivity index (χ2v) is 10.4. The van der Waals surface area contributed by atoms with Gasteiger partial charge in [-0.25, -0.2) is 0 Å². The van der Waals surface area contributed by atoms with Gasteiger partial charge >= 0.3 is 6.36 Å². The zero-order valence-electron chi connectivity index (χ0n) is 19.0. The van der Waals surface area contributed by atoms with Gasteiger partial charge in [-0.3, -0.25) is 9.59 Å². The number of halogens is 3. The number of benzene rings is 2. The van der Waals surface area contributed by atoms with Crippen LogP contribution in [0, 0.1) is 23.2 Å². The van der Waals surface area contributed by atoms with Gasteiger partial charge in [-0.15, -0.1) is 13.2 Å². The fraction of sp³-hybridized carbons (Fsp3) is 0.407. The van der Waals surface area contributed by atoms with Crippen molar-refractivity contribution in [3.05, 3.63) is 70.6 Å². The van der Waals surface area contributed by atoms with Crippen molar-refractivity contribution in [3.63, 3.8) is 0 Å². The highest BCUT2D eigenvalue weighted by atomic mass is 19.4. The minimum atomic E-state index is -4.75. The number of carbonyl (C=O) groups is 1. The quantitative estimate of drug-likeness (QED) is 0.507. The summed E-state index contributed by atoms with van der Waals surface area (Å²) in [4.78, 5) is 26.6. The molecule has 2 aromatic carbocycles. The van der Waals surface area contributed by atoms with Crippen LogP contribution in [-0.4, -0.2) is 16.8 Å². The number of aromatic nitrogens is 1. The number of amides is 1. The summed E-state index contributed by atoms with van der Waals surface area (Å²) in [6.45, 7) is 0.200. The summed E-state index contributed by atoms with van der Waals surface area (Å²) in [5, 5.41) is 4.33. The van der Waals surface area contributed by atoms with Gasteiger partial charge in [0.1, 0.15) is 5.75 Å². The first-order valence-corrected chi connectivity index (χ1v) is 12.0. The number of hydrogen-bond donors (Lipinski definition) is 1. The van der Waals surface area contributed by atoms with E-state index in [1.54, 1.807) is 18.3 Å². The van der Waals surface area contributed by atoms with E-state index in [0.29, 0.717) is 39.8 Å². The van der Waals surface area contributed by atoms with E-state index in [4.69, 9.17) is 0 Å². The Balaban J connectivity index is 1.24. The second kappa shape index (κ2) is 7.86. The van der Waals surface area contributed by atoms with Crippen molar-refractivity contribution in [2.75, 3.05) is 5.32 Å². The minimum Gasteiger partial charge on any atom is -0.406 e. The van der Waals surface area contributed by atoms with E-state index in [1.807, 2.05) is 12.1 Å². The summed E-state index contributed by atoms with van der Waals surface area (Å²) in [7, 11) is 0. The fourth-order valence-electron chi connectivity index (χ4n) is 6.96. The lowest BCUT2D eigenvalue weighted by molar-refractivity contribution is -0.274. The van der Waals surface area contributed by atoms with Crippen LogP contribution in [-0.2, 0) is 11.3 Å². The number of ether oxygens (including phenoxy) is 1. The number of nitrogens with one attached hydrogen (secondary N) is 1. The molecule has 5 nitrogen and oxygen atoms in total. The maximum absolute atomic E-state index is 13.5. The van der Waals surface area contributed by atoms with Crippen LogP contribution in [0.2, 0.25) is 0 Å². The molecule has 1 amide bonds. The predicted molar refractivity (Wildman–Crippen MR) is 125 cm³/mol. The van der Waals surface area contributed by atoms with E-state index >= 15 is 0 Å². The lowest BCUT2D eigenvalue weighted by atomic mass is 9.75. The molecule has 4 fully saturated rings. The van der Waals surface area contributed by atoms with E-state index in [0.717, 1.165) is 25.7 Å². The number of nitrogens with zero attached hydrogens (tertiary/aromatic N) is 1. The third kappa shape index (κ3) is 3.89. The molecule has 4 aliphatic rings. The van der Waals surface area contributed by atoms with Crippen molar-refractivity contribution < 1.29 is 22.7 Å². The molecule has 0 spiro atoms. The van der Waals surface area contributed by atoms with E-state index in [2.05, 4.69) is 10.1 Å². The van der Waals surface area contributed by atoms with Crippen molar-refractivity contribution in [3.8, 4) is 5.75 Å². The Morgan fingerprint density at radius 1 is 1.00 bits per heavy atom. The van der Waals surface area contributed by atoms with Crippen molar-refractivity contribution in [2.24, 2.45) is 23.2 Å². The van der Waals surface area contributed by atoms with E-state index in [-0.39, 0.29) is 29.2 Å². The summed E-state index contributed by atoms with van der Waals surface area (Å²) in [6, 6.07) is 12.6. The Morgan fingerprint density at radius 3 is 2.40 bits per heavy atom. The molecule has 1 N–H and O–H groups in total. The van der Waals surface area contributed by atoms with Gasteiger partial charge in [0.05, 0.1) is 12.0 Å². The zero-order valence-corrected chi connectivity index (χ0v) is 19.0. The highest BCUT2D eigenvalue weighted by molar-refractivity contribution is 6.04. The highest BCUT2D eigenvalue weighted by Gasteiger charge is 2.61. The van der Waals surface area contributed by atoms with Crippen molar-refractivity contribution in [1.29, 1.82) is 0 Å². The van der Waals surface area contributed by atoms with Crippen molar-refractivity contribution in [1.82, 2.24) is 4.57 Å². The summed E-state index contributed by atoms with van der Waals surface area (Å²) in [6.07, 6.45) is 2.44. The van der Waals surface area contributed by atoms with E-state index in [1.165, 1.54) is 35.3 Å². The third-order valence-corrected chi connectivity index (χ3v) is 8.22. The van der Waals surface area contributed by atoms with Gasteiger partial charge in [-0.1, -0.05) is 18.2 Å². The molecule has 0 unspecified atom stereocenters. The SMILES string of the molecule is O=C(Nc1cccc2c(=O)n(Cc3ccc(OC(F)(F)F)cc3)ccc12)[C@@]12C[C@@H]3C[C@@H](C[C@@H]1C3)C2. The number of alkyl halides is 3.